The quantitative estimate of drug-likeness (QED) is 0.213. The molecule has 1 aromatic carbocycles. The van der Waals surface area contributed by atoms with Crippen molar-refractivity contribution in [1.29, 1.82) is 0 Å². The van der Waals surface area contributed by atoms with E-state index in [0.29, 0.717) is 12.0 Å². The van der Waals surface area contributed by atoms with Gasteiger partial charge in [-0.05, 0) is 56.0 Å². The third kappa shape index (κ3) is 8.23. The standard InChI is InChI=1S/C28H42FNO8S/c1-3-5-6-7-8-9-10-11-20-16-21(29)12-13-23(20)30-39(34,35)26-14-15-28(17-22(26)27(33)36-4-2)37-24(18-31)25(19-32)38-28/h12-13,16-17,24-26,30-32H,3-11,14-15,18-19H2,1-2H3/t24-,25-,26?/m0/s1. The number of hydrogen-bond donors (Lipinski definition) is 3. The summed E-state index contributed by atoms with van der Waals surface area (Å²) in [6.07, 6.45) is 7.77. The number of ether oxygens (including phenoxy) is 3. The van der Waals surface area contributed by atoms with Crippen LogP contribution < -0.4 is 4.72 Å². The van der Waals surface area contributed by atoms with Crippen LogP contribution in [0.2, 0.25) is 0 Å². The average molecular weight is 572 g/mol. The first-order valence-electron chi connectivity index (χ1n) is 14.0. The van der Waals surface area contributed by atoms with Gasteiger partial charge in [0.05, 0.1) is 31.1 Å². The molecule has 1 unspecified atom stereocenters. The van der Waals surface area contributed by atoms with Gasteiger partial charge >= 0.3 is 5.97 Å². The lowest BCUT2D eigenvalue weighted by Crippen LogP contribution is -2.43. The van der Waals surface area contributed by atoms with E-state index in [1.165, 1.54) is 43.5 Å². The molecule has 1 saturated heterocycles. The van der Waals surface area contributed by atoms with E-state index in [-0.39, 0.29) is 30.7 Å². The Balaban J connectivity index is 1.80. The summed E-state index contributed by atoms with van der Waals surface area (Å²) in [5.74, 6) is -2.74. The molecule has 3 N–H and O–H groups in total. The highest BCUT2D eigenvalue weighted by Crippen LogP contribution is 2.41. The van der Waals surface area contributed by atoms with Gasteiger partial charge in [0.25, 0.3) is 0 Å². The summed E-state index contributed by atoms with van der Waals surface area (Å²) in [4.78, 5) is 12.9. The number of halogens is 1. The zero-order valence-corrected chi connectivity index (χ0v) is 23.7. The first kappa shape index (κ1) is 31.5. The van der Waals surface area contributed by atoms with Crippen molar-refractivity contribution in [3.63, 3.8) is 0 Å². The maximum absolute atomic E-state index is 14.1. The predicted octanol–water partition coefficient (Wildman–Crippen LogP) is 3.98. The summed E-state index contributed by atoms with van der Waals surface area (Å²) in [7, 11) is -4.17. The summed E-state index contributed by atoms with van der Waals surface area (Å²) in [6, 6.07) is 3.95. The van der Waals surface area contributed by atoms with E-state index in [2.05, 4.69) is 11.6 Å². The minimum Gasteiger partial charge on any atom is -0.463 e. The first-order valence-corrected chi connectivity index (χ1v) is 15.5. The van der Waals surface area contributed by atoms with Gasteiger partial charge in [-0.3, -0.25) is 4.72 Å². The van der Waals surface area contributed by atoms with Gasteiger partial charge in [0.1, 0.15) is 23.3 Å². The number of nitrogens with one attached hydrogen (secondary N) is 1. The number of aliphatic hydroxyl groups excluding tert-OH is 2. The Bertz CT molecular complexity index is 1080. The highest BCUT2D eigenvalue weighted by atomic mass is 32.2. The molecular formula is C28H42FNO8S. The second kappa shape index (κ2) is 14.5. The van der Waals surface area contributed by atoms with Crippen molar-refractivity contribution in [1.82, 2.24) is 0 Å². The third-order valence-corrected chi connectivity index (χ3v) is 8.95. The van der Waals surface area contributed by atoms with E-state index >= 15 is 0 Å². The second-order valence-corrected chi connectivity index (χ2v) is 12.0. The van der Waals surface area contributed by atoms with Crippen molar-refractivity contribution in [3.05, 3.63) is 41.2 Å². The molecule has 3 atom stereocenters. The number of hydrogen-bond acceptors (Lipinski definition) is 8. The lowest BCUT2D eigenvalue weighted by Gasteiger charge is -2.33. The Labute approximate surface area is 230 Å². The van der Waals surface area contributed by atoms with Crippen molar-refractivity contribution < 1.29 is 42.0 Å². The van der Waals surface area contributed by atoms with Crippen LogP contribution in [-0.2, 0) is 35.4 Å². The molecule has 1 heterocycles. The van der Waals surface area contributed by atoms with E-state index < -0.39 is 58.3 Å². The monoisotopic (exact) mass is 571 g/mol. The van der Waals surface area contributed by atoms with Crippen molar-refractivity contribution >= 4 is 21.7 Å². The van der Waals surface area contributed by atoms with Crippen LogP contribution in [0.4, 0.5) is 10.1 Å². The van der Waals surface area contributed by atoms with E-state index in [9.17, 15) is 27.8 Å². The van der Waals surface area contributed by atoms with Gasteiger partial charge < -0.3 is 24.4 Å². The Kier molecular flexibility index (Phi) is 11.7. The molecule has 1 aliphatic heterocycles. The maximum Gasteiger partial charge on any atom is 0.335 e. The van der Waals surface area contributed by atoms with Crippen molar-refractivity contribution in [2.75, 3.05) is 24.5 Å². The number of anilines is 1. The van der Waals surface area contributed by atoms with Crippen molar-refractivity contribution in [3.8, 4) is 0 Å². The Morgan fingerprint density at radius 2 is 1.72 bits per heavy atom. The summed E-state index contributed by atoms with van der Waals surface area (Å²) >= 11 is 0. The molecule has 1 aromatic rings. The summed E-state index contributed by atoms with van der Waals surface area (Å²) in [5.41, 5.74) is 0.682. The largest absolute Gasteiger partial charge is 0.463 e. The highest BCUT2D eigenvalue weighted by Gasteiger charge is 2.51. The summed E-state index contributed by atoms with van der Waals surface area (Å²) in [6.45, 7) is 2.98. The van der Waals surface area contributed by atoms with Gasteiger partial charge in [-0.2, -0.15) is 0 Å². The fourth-order valence-electron chi connectivity index (χ4n) is 5.17. The minimum absolute atomic E-state index is 0.0319. The minimum atomic E-state index is -4.17. The number of aryl methyl sites for hydroxylation is 1. The van der Waals surface area contributed by atoms with E-state index in [1.54, 1.807) is 6.92 Å². The van der Waals surface area contributed by atoms with E-state index in [4.69, 9.17) is 14.2 Å². The number of esters is 1. The van der Waals surface area contributed by atoms with Crippen molar-refractivity contribution in [2.24, 2.45) is 0 Å². The van der Waals surface area contributed by atoms with Crippen molar-refractivity contribution in [2.45, 2.75) is 101 Å². The number of carbonyl (C=O) groups excluding carboxylic acids is 1. The van der Waals surface area contributed by atoms with Crippen LogP contribution in [0.3, 0.4) is 0 Å². The number of carbonyl (C=O) groups is 1. The Hall–Kier alpha value is -2.05. The number of sulfonamides is 1. The summed E-state index contributed by atoms with van der Waals surface area (Å²) < 4.78 is 60.7. The molecule has 2 aliphatic rings. The first-order chi connectivity index (χ1) is 18.7. The zero-order chi connectivity index (χ0) is 28.5. The Morgan fingerprint density at radius 3 is 2.33 bits per heavy atom. The van der Waals surface area contributed by atoms with Gasteiger partial charge in [0.2, 0.25) is 10.0 Å². The molecule has 1 aliphatic carbocycles. The van der Waals surface area contributed by atoms with E-state index in [0.717, 1.165) is 25.7 Å². The van der Waals surface area contributed by atoms with Crippen LogP contribution in [0, 0.1) is 5.82 Å². The zero-order valence-electron chi connectivity index (χ0n) is 22.9. The molecule has 0 aromatic heterocycles. The van der Waals surface area contributed by atoms with Crippen LogP contribution in [0.1, 0.15) is 77.2 Å². The SMILES string of the molecule is CCCCCCCCCc1cc(F)ccc1NS(=O)(=O)C1CCC2(C=C1C(=O)OCC)O[C@@H](CO)[C@H](CO)O2. The molecule has 9 nitrogen and oxygen atoms in total. The smallest absolute Gasteiger partial charge is 0.335 e. The molecule has 1 fully saturated rings. The van der Waals surface area contributed by atoms with Crippen LogP contribution in [0.25, 0.3) is 0 Å². The lowest BCUT2D eigenvalue weighted by atomic mass is 9.94. The predicted molar refractivity (Wildman–Crippen MR) is 145 cm³/mol. The molecule has 0 bridgehead atoms. The van der Waals surface area contributed by atoms with E-state index in [1.807, 2.05) is 0 Å². The molecule has 1 spiro atoms. The van der Waals surface area contributed by atoms with Crippen LogP contribution in [-0.4, -0.2) is 67.7 Å². The normalized spacial score (nSPS) is 22.6. The molecule has 220 valence electrons. The molecule has 11 heteroatoms. The summed E-state index contributed by atoms with van der Waals surface area (Å²) in [5, 5.41) is 17.9. The molecule has 0 radical (unpaired) electrons. The number of aliphatic hydroxyl groups is 2. The van der Waals surface area contributed by atoms with Crippen LogP contribution in [0.15, 0.2) is 29.8 Å². The number of rotatable bonds is 15. The topological polar surface area (TPSA) is 131 Å². The number of unbranched alkanes of at least 4 members (excludes halogenated alkanes) is 6. The molecular weight excluding hydrogens is 529 g/mol. The lowest BCUT2D eigenvalue weighted by molar-refractivity contribution is -0.154. The van der Waals surface area contributed by atoms with Gasteiger partial charge in [0, 0.05) is 6.42 Å². The molecule has 0 amide bonds. The van der Waals surface area contributed by atoms with Crippen LogP contribution >= 0.6 is 0 Å². The third-order valence-electron chi connectivity index (χ3n) is 7.21. The molecule has 0 saturated carbocycles. The van der Waals surface area contributed by atoms with Gasteiger partial charge in [-0.15, -0.1) is 0 Å². The average Bonchev–Trinajstić information content (AvgIpc) is 3.26. The fourth-order valence-corrected chi connectivity index (χ4v) is 6.74. The Morgan fingerprint density at radius 1 is 1.08 bits per heavy atom. The van der Waals surface area contributed by atoms with Gasteiger partial charge in [0.15, 0.2) is 5.79 Å². The fraction of sp³-hybridized carbons (Fsp3) is 0.679. The maximum atomic E-state index is 14.1. The van der Waals surface area contributed by atoms with Gasteiger partial charge in [-0.1, -0.05) is 45.4 Å². The van der Waals surface area contributed by atoms with Gasteiger partial charge in [-0.25, -0.2) is 17.6 Å². The molecule has 39 heavy (non-hydrogen) atoms. The number of benzene rings is 1. The second-order valence-electron chi connectivity index (χ2n) is 10.2. The van der Waals surface area contributed by atoms with Crippen LogP contribution in [0.5, 0.6) is 0 Å². The highest BCUT2D eigenvalue weighted by molar-refractivity contribution is 7.93. The molecule has 3 rings (SSSR count).